The number of ether oxygens (including phenoxy) is 1. The molecule has 1 aliphatic rings. The van der Waals surface area contributed by atoms with E-state index in [1.54, 1.807) is 7.11 Å². The highest BCUT2D eigenvalue weighted by molar-refractivity contribution is 5.76. The van der Waals surface area contributed by atoms with Crippen molar-refractivity contribution < 1.29 is 28.8 Å². The van der Waals surface area contributed by atoms with Crippen LogP contribution in [0, 0.1) is 0 Å². The molecule has 2 atom stereocenters. The quantitative estimate of drug-likeness (QED) is 0.470. The maximum Gasteiger partial charge on any atom is 0.290 e. The van der Waals surface area contributed by atoms with Gasteiger partial charge >= 0.3 is 0 Å². The number of methoxy groups -OCH3 is 1. The van der Waals surface area contributed by atoms with Gasteiger partial charge in [0, 0.05) is 45.5 Å². The number of aromatic nitrogens is 2. The van der Waals surface area contributed by atoms with Gasteiger partial charge in [0.05, 0.1) is 13.2 Å². The monoisotopic (exact) mass is 399 g/mol. The van der Waals surface area contributed by atoms with E-state index in [2.05, 4.69) is 25.7 Å². The van der Waals surface area contributed by atoms with E-state index in [1.807, 2.05) is 7.05 Å². The third-order valence-corrected chi connectivity index (χ3v) is 4.47. The summed E-state index contributed by atoms with van der Waals surface area (Å²) in [5.41, 5.74) is 0. The SMILES string of the molecule is COCCc1noc(CNC(=O)C[C@@H]2CC[C@H](CNC(C)=O)N2C)n1.O=CO. The minimum Gasteiger partial charge on any atom is -0.483 e. The van der Waals surface area contributed by atoms with Crippen LogP contribution in [0.15, 0.2) is 4.52 Å². The zero-order chi connectivity index (χ0) is 20.9. The largest absolute Gasteiger partial charge is 0.483 e. The van der Waals surface area contributed by atoms with Crippen molar-refractivity contribution in [3.8, 4) is 0 Å². The first-order valence-electron chi connectivity index (χ1n) is 9.02. The first-order chi connectivity index (χ1) is 13.4. The number of hydrogen-bond acceptors (Lipinski definition) is 8. The van der Waals surface area contributed by atoms with E-state index < -0.39 is 0 Å². The maximum absolute atomic E-state index is 12.2. The predicted octanol–water partition coefficient (Wildman–Crippen LogP) is -0.435. The van der Waals surface area contributed by atoms with E-state index >= 15 is 0 Å². The maximum atomic E-state index is 12.2. The molecule has 1 aromatic heterocycles. The van der Waals surface area contributed by atoms with Gasteiger partial charge in [-0.05, 0) is 19.9 Å². The normalized spacial score (nSPS) is 18.8. The average Bonchev–Trinajstić information content (AvgIpc) is 3.24. The molecule has 2 rings (SSSR count). The van der Waals surface area contributed by atoms with Gasteiger partial charge in [-0.2, -0.15) is 4.98 Å². The van der Waals surface area contributed by atoms with Crippen LogP contribution in [0.1, 0.15) is 37.9 Å². The number of carbonyl (C=O) groups is 3. The van der Waals surface area contributed by atoms with Crippen LogP contribution in [0.25, 0.3) is 0 Å². The number of likely N-dealkylation sites (N-methyl/N-ethyl adjacent to an activating group) is 1. The second-order valence-electron chi connectivity index (χ2n) is 6.42. The number of nitrogens with zero attached hydrogens (tertiary/aromatic N) is 3. The molecule has 1 aliphatic heterocycles. The van der Waals surface area contributed by atoms with Gasteiger partial charge in [0.25, 0.3) is 6.47 Å². The number of likely N-dealkylation sites (tertiary alicyclic amines) is 1. The van der Waals surface area contributed by atoms with Gasteiger partial charge < -0.3 is 25.0 Å². The van der Waals surface area contributed by atoms with Crippen LogP contribution in [0.3, 0.4) is 0 Å². The Hall–Kier alpha value is -2.53. The molecule has 0 bridgehead atoms. The number of hydrogen-bond donors (Lipinski definition) is 3. The van der Waals surface area contributed by atoms with Crippen molar-refractivity contribution in [2.45, 2.75) is 51.2 Å². The molecule has 0 aliphatic carbocycles. The zero-order valence-corrected chi connectivity index (χ0v) is 16.5. The van der Waals surface area contributed by atoms with Crippen LogP contribution < -0.4 is 10.6 Å². The molecule has 3 N–H and O–H groups in total. The highest BCUT2D eigenvalue weighted by Gasteiger charge is 2.31. The first kappa shape index (κ1) is 23.5. The number of rotatable bonds is 9. The van der Waals surface area contributed by atoms with Gasteiger partial charge in [-0.25, -0.2) is 0 Å². The Morgan fingerprint density at radius 2 is 2.04 bits per heavy atom. The molecule has 1 aromatic rings. The molecule has 158 valence electrons. The lowest BCUT2D eigenvalue weighted by molar-refractivity contribution is -0.123. The van der Waals surface area contributed by atoms with Crippen LogP contribution in [0.2, 0.25) is 0 Å². The molecule has 11 nitrogen and oxygen atoms in total. The van der Waals surface area contributed by atoms with E-state index in [0.717, 1.165) is 12.8 Å². The summed E-state index contributed by atoms with van der Waals surface area (Å²) in [7, 11) is 3.61. The predicted molar refractivity (Wildman–Crippen MR) is 98.3 cm³/mol. The molecular formula is C17H29N5O6. The van der Waals surface area contributed by atoms with Gasteiger partial charge in [0.1, 0.15) is 0 Å². The third-order valence-electron chi connectivity index (χ3n) is 4.47. The second kappa shape index (κ2) is 12.8. The second-order valence-corrected chi connectivity index (χ2v) is 6.42. The van der Waals surface area contributed by atoms with Crippen LogP contribution in [-0.2, 0) is 32.1 Å². The van der Waals surface area contributed by atoms with E-state index in [4.69, 9.17) is 19.2 Å². The fourth-order valence-electron chi connectivity index (χ4n) is 2.96. The summed E-state index contributed by atoms with van der Waals surface area (Å²) in [4.78, 5) is 37.9. The number of nitrogens with one attached hydrogen (secondary N) is 2. The van der Waals surface area contributed by atoms with E-state index in [9.17, 15) is 9.59 Å². The zero-order valence-electron chi connectivity index (χ0n) is 16.5. The summed E-state index contributed by atoms with van der Waals surface area (Å²) in [5.74, 6) is 0.887. The Kier molecular flexibility index (Phi) is 10.7. The van der Waals surface area contributed by atoms with Gasteiger partial charge in [-0.1, -0.05) is 5.16 Å². The smallest absolute Gasteiger partial charge is 0.290 e. The van der Waals surface area contributed by atoms with Crippen molar-refractivity contribution in [3.63, 3.8) is 0 Å². The van der Waals surface area contributed by atoms with Gasteiger partial charge in [-0.3, -0.25) is 19.3 Å². The van der Waals surface area contributed by atoms with E-state index in [1.165, 1.54) is 6.92 Å². The summed E-state index contributed by atoms with van der Waals surface area (Å²) in [6.07, 6.45) is 2.91. The standard InChI is InChI=1S/C16H27N5O4.CH2O2/c1-11(22)17-9-13-5-4-12(21(13)2)8-15(23)18-10-16-19-14(20-25-16)6-7-24-3;2-1-3/h12-13H,4-10H2,1-3H3,(H,17,22)(H,18,23);1H,(H,2,3)/t12-,13+;/m0./s1. The van der Waals surface area contributed by atoms with Gasteiger partial charge in [0.15, 0.2) is 5.82 Å². The molecule has 1 fully saturated rings. The minimum atomic E-state index is -0.250. The molecule has 0 saturated carbocycles. The lowest BCUT2D eigenvalue weighted by Gasteiger charge is -2.25. The molecule has 0 radical (unpaired) electrons. The number of carbonyl (C=O) groups excluding carboxylic acids is 2. The van der Waals surface area contributed by atoms with Crippen LogP contribution in [-0.4, -0.2) is 77.8 Å². The van der Waals surface area contributed by atoms with Crippen molar-refractivity contribution in [3.05, 3.63) is 11.7 Å². The Morgan fingerprint density at radius 3 is 2.68 bits per heavy atom. The van der Waals surface area contributed by atoms with Gasteiger partial charge in [-0.15, -0.1) is 0 Å². The Labute approximate surface area is 163 Å². The van der Waals surface area contributed by atoms with Crippen LogP contribution in [0.5, 0.6) is 0 Å². The first-order valence-corrected chi connectivity index (χ1v) is 9.02. The van der Waals surface area contributed by atoms with E-state index in [-0.39, 0.29) is 36.9 Å². The minimum absolute atomic E-state index is 0.0287. The van der Waals surface area contributed by atoms with Crippen molar-refractivity contribution in [2.75, 3.05) is 27.3 Å². The summed E-state index contributed by atoms with van der Waals surface area (Å²) in [6.45, 7) is 2.64. The lowest BCUT2D eigenvalue weighted by atomic mass is 10.1. The Bertz CT molecular complexity index is 623. The number of amides is 2. The molecule has 2 heterocycles. The van der Waals surface area contributed by atoms with E-state index in [0.29, 0.717) is 37.7 Å². The molecular weight excluding hydrogens is 370 g/mol. The van der Waals surface area contributed by atoms with Crippen molar-refractivity contribution >= 4 is 18.3 Å². The molecule has 28 heavy (non-hydrogen) atoms. The molecule has 0 unspecified atom stereocenters. The average molecular weight is 399 g/mol. The van der Waals surface area contributed by atoms with Gasteiger partial charge in [0.2, 0.25) is 17.7 Å². The van der Waals surface area contributed by atoms with Crippen molar-refractivity contribution in [1.82, 2.24) is 25.7 Å². The molecule has 0 aromatic carbocycles. The van der Waals surface area contributed by atoms with Crippen LogP contribution >= 0.6 is 0 Å². The highest BCUT2D eigenvalue weighted by Crippen LogP contribution is 2.24. The third kappa shape index (κ3) is 8.44. The van der Waals surface area contributed by atoms with Crippen molar-refractivity contribution in [2.24, 2.45) is 0 Å². The molecule has 2 amide bonds. The fourth-order valence-corrected chi connectivity index (χ4v) is 2.96. The summed E-state index contributed by atoms with van der Waals surface area (Å²) < 4.78 is 10.1. The molecule has 11 heteroatoms. The Morgan fingerprint density at radius 1 is 1.36 bits per heavy atom. The molecule has 0 spiro atoms. The highest BCUT2D eigenvalue weighted by atomic mass is 16.5. The summed E-state index contributed by atoms with van der Waals surface area (Å²) in [5, 5.41) is 16.4. The molecule has 1 saturated heterocycles. The summed E-state index contributed by atoms with van der Waals surface area (Å²) >= 11 is 0. The summed E-state index contributed by atoms with van der Waals surface area (Å²) in [6, 6.07) is 0.458. The topological polar surface area (TPSA) is 147 Å². The van der Waals surface area contributed by atoms with Crippen LogP contribution in [0.4, 0.5) is 0 Å². The van der Waals surface area contributed by atoms with Crippen molar-refractivity contribution in [1.29, 1.82) is 0 Å². The number of carboxylic acid groups (broad SMARTS) is 1. The fraction of sp³-hybridized carbons (Fsp3) is 0.706. The Balaban J connectivity index is 0.00000122. The lowest BCUT2D eigenvalue weighted by Crippen LogP contribution is -2.41.